The van der Waals surface area contributed by atoms with Crippen molar-refractivity contribution in [3.05, 3.63) is 65.1 Å². The number of aromatic nitrogens is 4. The van der Waals surface area contributed by atoms with Crippen molar-refractivity contribution in [1.29, 1.82) is 5.26 Å². The second-order valence-electron chi connectivity index (χ2n) is 6.40. The zero-order valence-electron chi connectivity index (χ0n) is 14.2. The molecule has 2 aromatic heterocycles. The second-order valence-corrected chi connectivity index (χ2v) is 6.84. The zero-order chi connectivity index (χ0) is 18.8. The standard InChI is InChI=1S/C19H15ClN6O/c20-15-3-1-12(2-4-15)16-11-26(10-14(16)8-21)19(27)18-7-17(24-25-18)13-5-6-22-23-9-13/h1-7,9,14,16H,10-11H2,(H,24,25)/t14-,16+/m0/s1. The van der Waals surface area contributed by atoms with Crippen LogP contribution in [0, 0.1) is 17.2 Å². The maximum atomic E-state index is 12.9. The van der Waals surface area contributed by atoms with Crippen LogP contribution >= 0.6 is 11.6 Å². The van der Waals surface area contributed by atoms with E-state index in [1.807, 2.05) is 12.1 Å². The molecule has 7 nitrogen and oxygen atoms in total. The Bertz CT molecular complexity index is 995. The SMILES string of the molecule is N#C[C@H]1CN(C(=O)c2cc(-c3ccnnc3)n[nH]2)C[C@@H]1c1ccc(Cl)cc1. The van der Waals surface area contributed by atoms with E-state index in [4.69, 9.17) is 11.6 Å². The van der Waals surface area contributed by atoms with Crippen molar-refractivity contribution in [2.24, 2.45) is 5.92 Å². The van der Waals surface area contributed by atoms with Gasteiger partial charge in [0.1, 0.15) is 5.69 Å². The van der Waals surface area contributed by atoms with Gasteiger partial charge in [-0.1, -0.05) is 23.7 Å². The van der Waals surface area contributed by atoms with Gasteiger partial charge in [-0.3, -0.25) is 9.89 Å². The fourth-order valence-electron chi connectivity index (χ4n) is 3.34. The molecule has 1 aliphatic rings. The number of nitriles is 1. The molecule has 1 aromatic carbocycles. The molecule has 2 atom stereocenters. The number of nitrogens with one attached hydrogen (secondary N) is 1. The Morgan fingerprint density at radius 2 is 2.04 bits per heavy atom. The van der Waals surface area contributed by atoms with Gasteiger partial charge in [-0.15, -0.1) is 0 Å². The van der Waals surface area contributed by atoms with Gasteiger partial charge in [-0.2, -0.15) is 20.6 Å². The number of hydrogen-bond acceptors (Lipinski definition) is 5. The van der Waals surface area contributed by atoms with Gasteiger partial charge in [0.05, 0.1) is 30.1 Å². The van der Waals surface area contributed by atoms with Crippen LogP contribution < -0.4 is 0 Å². The Morgan fingerprint density at radius 1 is 1.22 bits per heavy atom. The molecule has 0 spiro atoms. The van der Waals surface area contributed by atoms with Crippen molar-refractivity contribution in [2.45, 2.75) is 5.92 Å². The fraction of sp³-hybridized carbons (Fsp3) is 0.211. The first-order valence-corrected chi connectivity index (χ1v) is 8.80. The van der Waals surface area contributed by atoms with Gasteiger partial charge >= 0.3 is 0 Å². The lowest BCUT2D eigenvalue weighted by atomic mass is 9.90. The van der Waals surface area contributed by atoms with E-state index in [0.717, 1.165) is 11.1 Å². The molecule has 1 saturated heterocycles. The maximum Gasteiger partial charge on any atom is 0.271 e. The van der Waals surface area contributed by atoms with Crippen LogP contribution in [0.25, 0.3) is 11.3 Å². The second kappa shape index (κ2) is 7.17. The third-order valence-electron chi connectivity index (χ3n) is 4.76. The highest BCUT2D eigenvalue weighted by Crippen LogP contribution is 2.33. The molecule has 134 valence electrons. The molecule has 0 unspecified atom stereocenters. The average Bonchev–Trinajstić information content (AvgIpc) is 3.36. The first-order valence-electron chi connectivity index (χ1n) is 8.42. The first kappa shape index (κ1) is 17.2. The molecule has 8 heteroatoms. The molecule has 1 amide bonds. The van der Waals surface area contributed by atoms with E-state index in [1.54, 1.807) is 41.6 Å². The molecule has 0 saturated carbocycles. The summed E-state index contributed by atoms with van der Waals surface area (Å²) in [6, 6.07) is 13.2. The summed E-state index contributed by atoms with van der Waals surface area (Å²) in [5.74, 6) is -0.475. The van der Waals surface area contributed by atoms with Crippen molar-refractivity contribution in [1.82, 2.24) is 25.3 Å². The molecule has 0 radical (unpaired) electrons. The summed E-state index contributed by atoms with van der Waals surface area (Å²) in [7, 11) is 0. The molecule has 3 aromatic rings. The number of nitrogens with zero attached hydrogens (tertiary/aromatic N) is 5. The number of H-pyrrole nitrogens is 1. The molecule has 0 aliphatic carbocycles. The monoisotopic (exact) mass is 378 g/mol. The van der Waals surface area contributed by atoms with E-state index < -0.39 is 0 Å². The van der Waals surface area contributed by atoms with E-state index in [1.165, 1.54) is 0 Å². The average molecular weight is 379 g/mol. The highest BCUT2D eigenvalue weighted by molar-refractivity contribution is 6.30. The quantitative estimate of drug-likeness (QED) is 0.755. The summed E-state index contributed by atoms with van der Waals surface area (Å²) < 4.78 is 0. The Kier molecular flexibility index (Phi) is 4.57. The number of aromatic amines is 1. The van der Waals surface area contributed by atoms with Gasteiger partial charge in [0.25, 0.3) is 5.91 Å². The molecule has 0 bridgehead atoms. The van der Waals surface area contributed by atoms with Crippen LogP contribution in [0.4, 0.5) is 0 Å². The highest BCUT2D eigenvalue weighted by Gasteiger charge is 2.37. The lowest BCUT2D eigenvalue weighted by Gasteiger charge is -2.15. The largest absolute Gasteiger partial charge is 0.335 e. The molecular weight excluding hydrogens is 364 g/mol. The number of benzene rings is 1. The summed E-state index contributed by atoms with van der Waals surface area (Å²) in [6.07, 6.45) is 3.16. The molecular formula is C19H15ClN6O. The van der Waals surface area contributed by atoms with Gasteiger partial charge in [-0.05, 0) is 29.8 Å². The first-order chi connectivity index (χ1) is 13.2. The normalized spacial score (nSPS) is 19.0. The zero-order valence-corrected chi connectivity index (χ0v) is 15.0. The topological polar surface area (TPSA) is 98.6 Å². The summed E-state index contributed by atoms with van der Waals surface area (Å²) in [5.41, 5.74) is 2.79. The maximum absolute atomic E-state index is 12.9. The predicted molar refractivity (Wildman–Crippen MR) is 98.8 cm³/mol. The van der Waals surface area contributed by atoms with Crippen molar-refractivity contribution in [3.8, 4) is 17.3 Å². The Hall–Kier alpha value is -3.24. The third kappa shape index (κ3) is 3.39. The minimum atomic E-state index is -0.262. The summed E-state index contributed by atoms with van der Waals surface area (Å²) in [4.78, 5) is 14.6. The van der Waals surface area contributed by atoms with Crippen LogP contribution in [0.15, 0.2) is 48.8 Å². The number of likely N-dealkylation sites (tertiary alicyclic amines) is 1. The van der Waals surface area contributed by atoms with Crippen LogP contribution in [0.1, 0.15) is 22.0 Å². The number of hydrogen-bond donors (Lipinski definition) is 1. The number of carbonyl (C=O) groups is 1. The van der Waals surface area contributed by atoms with Gasteiger partial charge < -0.3 is 4.90 Å². The summed E-state index contributed by atoms with van der Waals surface area (Å²) >= 11 is 5.95. The van der Waals surface area contributed by atoms with Crippen molar-refractivity contribution in [2.75, 3.05) is 13.1 Å². The highest BCUT2D eigenvalue weighted by atomic mass is 35.5. The van der Waals surface area contributed by atoms with Crippen molar-refractivity contribution in [3.63, 3.8) is 0 Å². The Morgan fingerprint density at radius 3 is 2.74 bits per heavy atom. The van der Waals surface area contributed by atoms with Crippen LogP contribution in [0.2, 0.25) is 5.02 Å². The summed E-state index contributed by atoms with van der Waals surface area (Å²) in [6.45, 7) is 0.859. The van der Waals surface area contributed by atoms with Gasteiger partial charge in [-0.25, -0.2) is 0 Å². The molecule has 27 heavy (non-hydrogen) atoms. The minimum absolute atomic E-state index is 0.0389. The van der Waals surface area contributed by atoms with Gasteiger partial charge in [0, 0.05) is 29.6 Å². The lowest BCUT2D eigenvalue weighted by molar-refractivity contribution is 0.0782. The van der Waals surface area contributed by atoms with Crippen LogP contribution in [-0.4, -0.2) is 44.3 Å². The number of rotatable bonds is 3. The smallest absolute Gasteiger partial charge is 0.271 e. The number of halogens is 1. The van der Waals surface area contributed by atoms with E-state index in [2.05, 4.69) is 26.5 Å². The molecule has 1 fully saturated rings. The molecule has 1 N–H and O–H groups in total. The van der Waals surface area contributed by atoms with Gasteiger partial charge in [0.15, 0.2) is 0 Å². The van der Waals surface area contributed by atoms with Crippen LogP contribution in [-0.2, 0) is 0 Å². The third-order valence-corrected chi connectivity index (χ3v) is 5.01. The minimum Gasteiger partial charge on any atom is -0.335 e. The Labute approximate surface area is 160 Å². The van der Waals surface area contributed by atoms with E-state index in [0.29, 0.717) is 29.5 Å². The lowest BCUT2D eigenvalue weighted by Crippen LogP contribution is -2.29. The molecule has 4 rings (SSSR count). The molecule has 1 aliphatic heterocycles. The van der Waals surface area contributed by atoms with E-state index in [-0.39, 0.29) is 17.7 Å². The number of amides is 1. The summed E-state index contributed by atoms with van der Waals surface area (Å²) in [5, 5.41) is 24.7. The van der Waals surface area contributed by atoms with Crippen molar-refractivity contribution >= 4 is 17.5 Å². The van der Waals surface area contributed by atoms with Gasteiger partial charge in [0.2, 0.25) is 0 Å². The molecule has 3 heterocycles. The van der Waals surface area contributed by atoms with Crippen LogP contribution in [0.3, 0.4) is 0 Å². The van der Waals surface area contributed by atoms with Crippen LogP contribution in [0.5, 0.6) is 0 Å². The number of carbonyl (C=O) groups excluding carboxylic acids is 1. The Balaban J connectivity index is 1.54. The predicted octanol–water partition coefficient (Wildman–Crippen LogP) is 2.90. The fourth-order valence-corrected chi connectivity index (χ4v) is 3.47. The van der Waals surface area contributed by atoms with E-state index >= 15 is 0 Å². The van der Waals surface area contributed by atoms with E-state index in [9.17, 15) is 10.1 Å². The van der Waals surface area contributed by atoms with Crippen molar-refractivity contribution < 1.29 is 4.79 Å².